The molecule has 3 rings (SSSR count). The Labute approximate surface area is 215 Å². The molecule has 4 heteroatoms. The fourth-order valence-electron chi connectivity index (χ4n) is 5.23. The standard InChI is InChI=1S/C32H38O4/c1-19(2)18-32(8,27-14-20(3)29(35-9)21(4)15-27)28-16-22(5)30(23(6)17-28)36-31(34)26-12-10-25(11-13-26)24(7)33/h10-17,19H,18H2,1-9H3. The van der Waals surface area contributed by atoms with Gasteiger partial charge in [0.1, 0.15) is 11.5 Å². The molecule has 0 aromatic heterocycles. The number of esters is 1. The van der Waals surface area contributed by atoms with E-state index in [9.17, 15) is 9.59 Å². The van der Waals surface area contributed by atoms with Crippen LogP contribution in [0.1, 0.15) is 88.2 Å². The molecule has 0 amide bonds. The van der Waals surface area contributed by atoms with E-state index in [1.807, 2.05) is 13.8 Å². The zero-order chi connectivity index (χ0) is 26.8. The van der Waals surface area contributed by atoms with Crippen LogP contribution >= 0.6 is 0 Å². The van der Waals surface area contributed by atoms with Crippen molar-refractivity contribution in [2.24, 2.45) is 5.92 Å². The molecular formula is C32H38O4. The number of hydrogen-bond acceptors (Lipinski definition) is 4. The molecule has 0 saturated carbocycles. The Morgan fingerprint density at radius 3 is 1.58 bits per heavy atom. The molecule has 0 spiro atoms. The minimum Gasteiger partial charge on any atom is -0.496 e. The number of methoxy groups -OCH3 is 1. The molecule has 0 aliphatic carbocycles. The summed E-state index contributed by atoms with van der Waals surface area (Å²) in [6, 6.07) is 15.3. The number of ether oxygens (including phenoxy) is 2. The summed E-state index contributed by atoms with van der Waals surface area (Å²) in [6.45, 7) is 16.4. The third kappa shape index (κ3) is 5.53. The molecule has 3 aromatic rings. The lowest BCUT2D eigenvalue weighted by atomic mass is 9.70. The lowest BCUT2D eigenvalue weighted by molar-refractivity contribution is 0.0731. The SMILES string of the molecule is COc1c(C)cc(C(C)(CC(C)C)c2cc(C)c(OC(=O)c3ccc(C(C)=O)cc3)c(C)c2)cc1C. The Hall–Kier alpha value is -3.40. The van der Waals surface area contributed by atoms with Crippen molar-refractivity contribution in [1.29, 1.82) is 0 Å². The van der Waals surface area contributed by atoms with E-state index in [1.54, 1.807) is 31.4 Å². The van der Waals surface area contributed by atoms with Gasteiger partial charge in [0.15, 0.2) is 5.78 Å². The van der Waals surface area contributed by atoms with Crippen molar-refractivity contribution in [3.05, 3.63) is 93.0 Å². The van der Waals surface area contributed by atoms with Gasteiger partial charge in [-0.1, -0.05) is 57.2 Å². The lowest BCUT2D eigenvalue weighted by Crippen LogP contribution is -2.27. The first-order chi connectivity index (χ1) is 16.9. The van der Waals surface area contributed by atoms with Crippen LogP contribution in [0.5, 0.6) is 11.5 Å². The van der Waals surface area contributed by atoms with Gasteiger partial charge in [-0.25, -0.2) is 4.79 Å². The van der Waals surface area contributed by atoms with Crippen LogP contribution in [0.25, 0.3) is 0 Å². The Balaban J connectivity index is 2.02. The van der Waals surface area contributed by atoms with Crippen molar-refractivity contribution >= 4 is 11.8 Å². The van der Waals surface area contributed by atoms with Gasteiger partial charge in [0.05, 0.1) is 12.7 Å². The highest BCUT2D eigenvalue weighted by molar-refractivity contribution is 5.96. The first-order valence-corrected chi connectivity index (χ1v) is 12.5. The van der Waals surface area contributed by atoms with Gasteiger partial charge < -0.3 is 9.47 Å². The van der Waals surface area contributed by atoms with Gasteiger partial charge in [0.25, 0.3) is 0 Å². The summed E-state index contributed by atoms with van der Waals surface area (Å²) in [7, 11) is 1.72. The molecule has 0 saturated heterocycles. The number of benzene rings is 3. The minimum absolute atomic E-state index is 0.0381. The van der Waals surface area contributed by atoms with E-state index in [4.69, 9.17) is 9.47 Å². The van der Waals surface area contributed by atoms with E-state index >= 15 is 0 Å². The molecule has 0 radical (unpaired) electrons. The summed E-state index contributed by atoms with van der Waals surface area (Å²) in [6.07, 6.45) is 0.971. The number of Topliss-reactive ketones (excluding diaryl/α,β-unsaturated/α-hetero) is 1. The summed E-state index contributed by atoms with van der Waals surface area (Å²) in [5.41, 5.74) is 7.27. The highest BCUT2D eigenvalue weighted by atomic mass is 16.5. The number of hydrogen-bond donors (Lipinski definition) is 0. The van der Waals surface area contributed by atoms with Crippen LogP contribution in [-0.4, -0.2) is 18.9 Å². The Morgan fingerprint density at radius 1 is 0.778 bits per heavy atom. The van der Waals surface area contributed by atoms with Crippen LogP contribution in [0.4, 0.5) is 0 Å². The van der Waals surface area contributed by atoms with Crippen LogP contribution in [0, 0.1) is 33.6 Å². The van der Waals surface area contributed by atoms with Crippen LogP contribution in [-0.2, 0) is 5.41 Å². The number of ketones is 1. The third-order valence-corrected chi connectivity index (χ3v) is 6.94. The highest BCUT2D eigenvalue weighted by Crippen LogP contribution is 2.42. The van der Waals surface area contributed by atoms with Gasteiger partial charge >= 0.3 is 5.97 Å². The maximum absolute atomic E-state index is 12.9. The highest BCUT2D eigenvalue weighted by Gasteiger charge is 2.32. The van der Waals surface area contributed by atoms with E-state index in [0.717, 1.165) is 34.4 Å². The summed E-state index contributed by atoms with van der Waals surface area (Å²) in [4.78, 5) is 24.4. The maximum Gasteiger partial charge on any atom is 0.343 e. The van der Waals surface area contributed by atoms with E-state index in [1.165, 1.54) is 18.1 Å². The van der Waals surface area contributed by atoms with Gasteiger partial charge in [0.2, 0.25) is 0 Å². The summed E-state index contributed by atoms with van der Waals surface area (Å²) < 4.78 is 11.5. The van der Waals surface area contributed by atoms with Gasteiger partial charge in [-0.15, -0.1) is 0 Å². The van der Waals surface area contributed by atoms with Crippen LogP contribution < -0.4 is 9.47 Å². The molecule has 0 heterocycles. The molecule has 190 valence electrons. The Kier molecular flexibility index (Phi) is 8.08. The molecule has 4 nitrogen and oxygen atoms in total. The number of carbonyl (C=O) groups excluding carboxylic acids is 2. The van der Waals surface area contributed by atoms with E-state index in [-0.39, 0.29) is 11.2 Å². The molecule has 3 aromatic carbocycles. The van der Waals surface area contributed by atoms with Crippen molar-refractivity contribution in [2.45, 2.75) is 67.2 Å². The second kappa shape index (κ2) is 10.7. The summed E-state index contributed by atoms with van der Waals surface area (Å²) in [5.74, 6) is 1.51. The van der Waals surface area contributed by atoms with E-state index in [2.05, 4.69) is 58.9 Å². The first-order valence-electron chi connectivity index (χ1n) is 12.5. The van der Waals surface area contributed by atoms with Crippen molar-refractivity contribution in [3.8, 4) is 11.5 Å². The fourth-order valence-corrected chi connectivity index (χ4v) is 5.23. The molecule has 0 fully saturated rings. The van der Waals surface area contributed by atoms with E-state index < -0.39 is 5.97 Å². The van der Waals surface area contributed by atoms with Gasteiger partial charge in [-0.3, -0.25) is 4.79 Å². The smallest absolute Gasteiger partial charge is 0.343 e. The molecule has 0 N–H and O–H groups in total. The molecule has 0 aliphatic rings. The maximum atomic E-state index is 12.9. The molecule has 1 atom stereocenters. The van der Waals surface area contributed by atoms with Crippen molar-refractivity contribution in [3.63, 3.8) is 0 Å². The molecule has 0 aliphatic heterocycles. The van der Waals surface area contributed by atoms with Gasteiger partial charge in [0, 0.05) is 11.0 Å². The van der Waals surface area contributed by atoms with Crippen molar-refractivity contribution in [2.75, 3.05) is 7.11 Å². The molecular weight excluding hydrogens is 448 g/mol. The largest absolute Gasteiger partial charge is 0.496 e. The zero-order valence-electron chi connectivity index (χ0n) is 23.0. The summed E-state index contributed by atoms with van der Waals surface area (Å²) >= 11 is 0. The summed E-state index contributed by atoms with van der Waals surface area (Å²) in [5, 5.41) is 0. The van der Waals surface area contributed by atoms with Crippen molar-refractivity contribution < 1.29 is 19.1 Å². The first kappa shape index (κ1) is 27.2. The zero-order valence-corrected chi connectivity index (χ0v) is 23.0. The monoisotopic (exact) mass is 486 g/mol. The van der Waals surface area contributed by atoms with Gasteiger partial charge in [-0.05, 0) is 92.5 Å². The minimum atomic E-state index is -0.435. The van der Waals surface area contributed by atoms with Gasteiger partial charge in [-0.2, -0.15) is 0 Å². The molecule has 36 heavy (non-hydrogen) atoms. The normalized spacial score (nSPS) is 12.8. The fraction of sp³-hybridized carbons (Fsp3) is 0.375. The third-order valence-electron chi connectivity index (χ3n) is 6.94. The number of rotatable bonds is 8. The average molecular weight is 487 g/mol. The predicted octanol–water partition coefficient (Wildman–Crippen LogP) is 7.70. The van der Waals surface area contributed by atoms with Crippen LogP contribution in [0.2, 0.25) is 0 Å². The quantitative estimate of drug-likeness (QED) is 0.186. The topological polar surface area (TPSA) is 52.6 Å². The average Bonchev–Trinajstić information content (AvgIpc) is 2.80. The molecule has 1 unspecified atom stereocenters. The number of carbonyl (C=O) groups is 2. The number of aryl methyl sites for hydroxylation is 4. The van der Waals surface area contributed by atoms with E-state index in [0.29, 0.717) is 22.8 Å². The second-order valence-electron chi connectivity index (χ2n) is 10.5. The lowest BCUT2D eigenvalue weighted by Gasteiger charge is -2.34. The predicted molar refractivity (Wildman–Crippen MR) is 146 cm³/mol. The molecule has 0 bridgehead atoms. The Bertz CT molecular complexity index is 1240. The Morgan fingerprint density at radius 2 is 1.19 bits per heavy atom. The van der Waals surface area contributed by atoms with Crippen LogP contribution in [0.3, 0.4) is 0 Å². The van der Waals surface area contributed by atoms with Crippen LogP contribution in [0.15, 0.2) is 48.5 Å². The van der Waals surface area contributed by atoms with Crippen molar-refractivity contribution in [1.82, 2.24) is 0 Å². The second-order valence-corrected chi connectivity index (χ2v) is 10.5.